The van der Waals surface area contributed by atoms with Gasteiger partial charge in [-0.05, 0) is 57.7 Å². The molecule has 0 aliphatic carbocycles. The number of unbranched alkanes of at least 4 members (excludes halogenated alkanes) is 2. The highest BCUT2D eigenvalue weighted by Crippen LogP contribution is 2.33. The molecule has 0 amide bonds. The maximum Gasteiger partial charge on any atom is 0.513 e. The van der Waals surface area contributed by atoms with Crippen molar-refractivity contribution in [3.8, 4) is 11.5 Å². The Balaban J connectivity index is 3.21. The zero-order valence-electron chi connectivity index (χ0n) is 25.2. The van der Waals surface area contributed by atoms with Crippen LogP contribution in [0.25, 0.3) is 0 Å². The highest BCUT2D eigenvalue weighted by molar-refractivity contribution is 5.80. The van der Waals surface area contributed by atoms with Crippen LogP contribution in [0.15, 0.2) is 18.2 Å². The van der Waals surface area contributed by atoms with Crippen molar-refractivity contribution in [1.29, 1.82) is 0 Å². The Morgan fingerprint density at radius 3 is 1.90 bits per heavy atom. The summed E-state index contributed by atoms with van der Waals surface area (Å²) in [4.78, 5) is 49.1. The van der Waals surface area contributed by atoms with Crippen LogP contribution in [0, 0.1) is 5.92 Å². The molecule has 0 aliphatic heterocycles. The Bertz CT molecular complexity index is 1030. The van der Waals surface area contributed by atoms with Crippen LogP contribution in [0.2, 0.25) is 0 Å². The highest BCUT2D eigenvalue weighted by atomic mass is 16.7. The number of nitrogens with two attached hydrogens (primary N) is 1. The van der Waals surface area contributed by atoms with E-state index in [0.717, 1.165) is 12.8 Å². The minimum atomic E-state index is -1.92. The number of carboxylic acids is 1. The molecule has 0 aliphatic rings. The lowest BCUT2D eigenvalue weighted by molar-refractivity contribution is -0.148. The van der Waals surface area contributed by atoms with Gasteiger partial charge in [0.15, 0.2) is 11.5 Å². The molecule has 0 radical (unpaired) electrons. The Morgan fingerprint density at radius 2 is 1.41 bits per heavy atom. The third kappa shape index (κ3) is 11.8. The van der Waals surface area contributed by atoms with Gasteiger partial charge in [-0.1, -0.05) is 46.6 Å². The predicted octanol–water partition coefficient (Wildman–Crippen LogP) is 6.01. The van der Waals surface area contributed by atoms with Crippen LogP contribution >= 0.6 is 0 Å². The van der Waals surface area contributed by atoms with E-state index in [-0.39, 0.29) is 31.1 Å². The van der Waals surface area contributed by atoms with Crippen LogP contribution < -0.4 is 15.2 Å². The minimum Gasteiger partial charge on any atom is -0.480 e. The zero-order chi connectivity index (χ0) is 31.2. The Labute approximate surface area is 241 Å². The fraction of sp³-hybridized carbons (Fsp3) is 0.655. The van der Waals surface area contributed by atoms with Crippen molar-refractivity contribution >= 4 is 24.4 Å². The molecular formula is C29H45NO11. The van der Waals surface area contributed by atoms with Gasteiger partial charge in [0.1, 0.15) is 17.2 Å². The summed E-state index contributed by atoms with van der Waals surface area (Å²) < 4.78 is 31.2. The van der Waals surface area contributed by atoms with Gasteiger partial charge in [0.05, 0.1) is 13.2 Å². The summed E-state index contributed by atoms with van der Waals surface area (Å²) in [7, 11) is 0. The molecule has 12 nitrogen and oxygen atoms in total. The lowest BCUT2D eigenvalue weighted by Gasteiger charge is -2.35. The number of carboxylic acid groups (broad SMARTS) is 1. The standard InChI is InChI=1S/C29H45NO11/c1-8-11-15-36-25(33)39-22-14-13-21(17-23(22)40-26(34)37-16-12-9-2)18-29(30,24(31)32)19(4)20(5)38-27(35)41-28(6,7)10-3/h13-14,17,19-20H,8-12,15-16,18,30H2,1-7H3,(H,31,32)/t19-,20+,29-/m1/s1. The zero-order valence-corrected chi connectivity index (χ0v) is 25.2. The summed E-state index contributed by atoms with van der Waals surface area (Å²) >= 11 is 0. The fourth-order valence-corrected chi connectivity index (χ4v) is 3.43. The summed E-state index contributed by atoms with van der Waals surface area (Å²) in [6.07, 6.45) is -0.721. The average molecular weight is 584 g/mol. The Hall–Kier alpha value is -3.54. The van der Waals surface area contributed by atoms with Gasteiger partial charge < -0.3 is 39.3 Å². The van der Waals surface area contributed by atoms with Crippen LogP contribution in [-0.4, -0.2) is 60.0 Å². The van der Waals surface area contributed by atoms with Crippen LogP contribution in [0.3, 0.4) is 0 Å². The van der Waals surface area contributed by atoms with E-state index >= 15 is 0 Å². The number of rotatable bonds is 16. The van der Waals surface area contributed by atoms with Gasteiger partial charge in [0.25, 0.3) is 0 Å². The van der Waals surface area contributed by atoms with Gasteiger partial charge in [-0.2, -0.15) is 0 Å². The van der Waals surface area contributed by atoms with Crippen LogP contribution in [0.1, 0.15) is 86.1 Å². The molecule has 3 atom stereocenters. The summed E-state index contributed by atoms with van der Waals surface area (Å²) in [5.41, 5.74) is 4.06. The molecule has 12 heteroatoms. The molecule has 3 N–H and O–H groups in total. The normalized spacial score (nSPS) is 14.1. The van der Waals surface area contributed by atoms with Gasteiger partial charge >= 0.3 is 24.4 Å². The van der Waals surface area contributed by atoms with E-state index in [1.165, 1.54) is 25.1 Å². The summed E-state index contributed by atoms with van der Waals surface area (Å²) in [5, 5.41) is 10.1. The number of hydrogen-bond acceptors (Lipinski definition) is 11. The van der Waals surface area contributed by atoms with E-state index in [9.17, 15) is 24.3 Å². The first-order valence-electron chi connectivity index (χ1n) is 13.9. The predicted molar refractivity (Wildman–Crippen MR) is 149 cm³/mol. The van der Waals surface area contributed by atoms with Crippen molar-refractivity contribution < 1.29 is 52.7 Å². The molecule has 0 aromatic heterocycles. The van der Waals surface area contributed by atoms with Crippen LogP contribution in [0.4, 0.5) is 14.4 Å². The number of aliphatic carboxylic acids is 1. The summed E-state index contributed by atoms with van der Waals surface area (Å²) in [6.45, 7) is 12.5. The second-order valence-corrected chi connectivity index (χ2v) is 10.5. The molecule has 41 heavy (non-hydrogen) atoms. The lowest BCUT2D eigenvalue weighted by atomic mass is 9.78. The van der Waals surface area contributed by atoms with Gasteiger partial charge in [-0.15, -0.1) is 0 Å². The first-order valence-corrected chi connectivity index (χ1v) is 13.9. The maximum absolute atomic E-state index is 12.4. The van der Waals surface area contributed by atoms with E-state index in [0.29, 0.717) is 24.8 Å². The third-order valence-corrected chi connectivity index (χ3v) is 6.73. The monoisotopic (exact) mass is 583 g/mol. The molecule has 1 aromatic rings. The SMILES string of the molecule is CCCCOC(=O)Oc1ccc(C[C@](N)(C(=O)O)[C@H](C)[C@H](C)OC(=O)OC(C)(C)CC)cc1OC(=O)OCCCC. The number of carbonyl (C=O) groups is 4. The fourth-order valence-electron chi connectivity index (χ4n) is 3.43. The molecule has 1 aromatic carbocycles. The van der Waals surface area contributed by atoms with E-state index < -0.39 is 47.6 Å². The van der Waals surface area contributed by atoms with E-state index in [2.05, 4.69) is 0 Å². The van der Waals surface area contributed by atoms with E-state index in [4.69, 9.17) is 34.2 Å². The molecular weight excluding hydrogens is 538 g/mol. The van der Waals surface area contributed by atoms with E-state index in [1.807, 2.05) is 20.8 Å². The molecule has 0 heterocycles. The second-order valence-electron chi connectivity index (χ2n) is 10.5. The number of carbonyl (C=O) groups excluding carboxylic acids is 3. The van der Waals surface area contributed by atoms with Crippen molar-refractivity contribution in [2.24, 2.45) is 11.7 Å². The van der Waals surface area contributed by atoms with Gasteiger partial charge in [0.2, 0.25) is 0 Å². The van der Waals surface area contributed by atoms with Crippen molar-refractivity contribution in [2.75, 3.05) is 13.2 Å². The highest BCUT2D eigenvalue weighted by Gasteiger charge is 2.44. The van der Waals surface area contributed by atoms with Gasteiger partial charge in [-0.3, -0.25) is 4.79 Å². The van der Waals surface area contributed by atoms with Crippen molar-refractivity contribution in [2.45, 2.75) is 104 Å². The molecule has 0 saturated carbocycles. The molecule has 0 unspecified atom stereocenters. The molecule has 0 saturated heterocycles. The minimum absolute atomic E-state index is 0.127. The van der Waals surface area contributed by atoms with Crippen molar-refractivity contribution in [1.82, 2.24) is 0 Å². The molecule has 0 spiro atoms. The average Bonchev–Trinajstić information content (AvgIpc) is 2.89. The second kappa shape index (κ2) is 16.7. The molecule has 1 rings (SSSR count). The lowest BCUT2D eigenvalue weighted by Crippen LogP contribution is -2.58. The molecule has 0 fully saturated rings. The first-order chi connectivity index (χ1) is 19.2. The van der Waals surface area contributed by atoms with E-state index in [1.54, 1.807) is 20.8 Å². The number of hydrogen-bond donors (Lipinski definition) is 2. The number of benzene rings is 1. The topological polar surface area (TPSA) is 170 Å². The van der Waals surface area contributed by atoms with Gasteiger partial charge in [-0.25, -0.2) is 14.4 Å². The Kier molecular flexibility index (Phi) is 14.4. The summed E-state index contributed by atoms with van der Waals surface area (Å²) in [5.74, 6) is -2.55. The smallest absolute Gasteiger partial charge is 0.480 e. The maximum atomic E-state index is 12.4. The van der Waals surface area contributed by atoms with Crippen molar-refractivity contribution in [3.63, 3.8) is 0 Å². The number of ether oxygens (including phenoxy) is 6. The van der Waals surface area contributed by atoms with Crippen LogP contribution in [0.5, 0.6) is 11.5 Å². The Morgan fingerprint density at radius 1 is 0.878 bits per heavy atom. The quantitative estimate of drug-likeness (QED) is 0.101. The molecule has 0 bridgehead atoms. The van der Waals surface area contributed by atoms with Gasteiger partial charge in [0, 0.05) is 12.3 Å². The first kappa shape index (κ1) is 35.5. The summed E-state index contributed by atoms with van der Waals surface area (Å²) in [6, 6.07) is 4.14. The largest absolute Gasteiger partial charge is 0.513 e. The van der Waals surface area contributed by atoms with Crippen molar-refractivity contribution in [3.05, 3.63) is 23.8 Å². The third-order valence-electron chi connectivity index (χ3n) is 6.73. The molecule has 232 valence electrons. The van der Waals surface area contributed by atoms with Crippen LogP contribution in [-0.2, 0) is 30.2 Å².